The zero-order chi connectivity index (χ0) is 18.5. The fourth-order valence-corrected chi connectivity index (χ4v) is 3.59. The second-order valence-electron chi connectivity index (χ2n) is 6.84. The molecule has 1 aliphatic rings. The lowest BCUT2D eigenvalue weighted by molar-refractivity contribution is -0.121. The molecule has 2 heterocycles. The number of aryl methyl sites for hydroxylation is 2. The Morgan fingerprint density at radius 1 is 1.19 bits per heavy atom. The molecule has 0 aliphatic heterocycles. The minimum atomic E-state index is 0.0155. The first-order chi connectivity index (χ1) is 13.3. The fraction of sp³-hybridized carbons (Fsp3) is 0.333. The molecule has 0 radical (unpaired) electrons. The van der Waals surface area contributed by atoms with Gasteiger partial charge < -0.3 is 9.84 Å². The second kappa shape index (κ2) is 8.12. The van der Waals surface area contributed by atoms with E-state index in [1.807, 2.05) is 12.1 Å². The maximum Gasteiger partial charge on any atom is 0.227 e. The van der Waals surface area contributed by atoms with E-state index in [1.165, 1.54) is 17.5 Å². The molecule has 0 saturated carbocycles. The van der Waals surface area contributed by atoms with Crippen molar-refractivity contribution in [2.24, 2.45) is 0 Å². The van der Waals surface area contributed by atoms with E-state index in [0.717, 1.165) is 18.4 Å². The number of hydrogen-bond donors (Lipinski definition) is 1. The van der Waals surface area contributed by atoms with Crippen molar-refractivity contribution in [1.82, 2.24) is 20.4 Å². The monoisotopic (exact) mass is 362 g/mol. The van der Waals surface area contributed by atoms with Crippen LogP contribution in [0.1, 0.15) is 42.2 Å². The Morgan fingerprint density at radius 3 is 2.93 bits per heavy atom. The van der Waals surface area contributed by atoms with E-state index in [2.05, 4.69) is 44.7 Å². The topological polar surface area (TPSA) is 80.9 Å². The number of benzene rings is 1. The van der Waals surface area contributed by atoms with Crippen LogP contribution >= 0.6 is 0 Å². The molecule has 0 fully saturated rings. The van der Waals surface area contributed by atoms with Crippen molar-refractivity contribution in [2.75, 3.05) is 6.54 Å². The number of hydrogen-bond acceptors (Lipinski definition) is 5. The van der Waals surface area contributed by atoms with Gasteiger partial charge in [-0.2, -0.15) is 4.98 Å². The first-order valence-corrected chi connectivity index (χ1v) is 9.37. The molecule has 0 spiro atoms. The highest BCUT2D eigenvalue weighted by molar-refractivity contribution is 5.76. The Hall–Kier alpha value is -3.02. The van der Waals surface area contributed by atoms with Crippen molar-refractivity contribution in [1.29, 1.82) is 0 Å². The standard InChI is InChI=1S/C21H22N4O2/c26-19(23-14-17-6-3-5-15-4-1-2-7-18(15)17)8-9-20-24-21(25-27-20)16-10-12-22-13-11-16/h1-2,4,7,10-13,17H,3,5-6,8-9,14H2,(H,23,26). The Morgan fingerprint density at radius 2 is 2.04 bits per heavy atom. The average Bonchev–Trinajstić information content (AvgIpc) is 3.20. The van der Waals surface area contributed by atoms with Crippen molar-refractivity contribution in [3.8, 4) is 11.4 Å². The van der Waals surface area contributed by atoms with Gasteiger partial charge in [0, 0.05) is 43.3 Å². The molecule has 1 aliphatic carbocycles. The third-order valence-electron chi connectivity index (χ3n) is 5.01. The first kappa shape index (κ1) is 17.4. The summed E-state index contributed by atoms with van der Waals surface area (Å²) in [6, 6.07) is 12.2. The number of fused-ring (bicyclic) bond motifs is 1. The Labute approximate surface area is 158 Å². The highest BCUT2D eigenvalue weighted by atomic mass is 16.5. The molecule has 1 N–H and O–H groups in total. The molecule has 4 rings (SSSR count). The van der Waals surface area contributed by atoms with Crippen LogP contribution in [0.5, 0.6) is 0 Å². The fourth-order valence-electron chi connectivity index (χ4n) is 3.59. The van der Waals surface area contributed by atoms with Gasteiger partial charge in [0.2, 0.25) is 17.6 Å². The zero-order valence-corrected chi connectivity index (χ0v) is 15.1. The third kappa shape index (κ3) is 4.22. The van der Waals surface area contributed by atoms with E-state index in [1.54, 1.807) is 12.4 Å². The summed E-state index contributed by atoms with van der Waals surface area (Å²) in [5.41, 5.74) is 3.64. The number of carbonyl (C=O) groups is 1. The Balaban J connectivity index is 1.28. The number of aromatic nitrogens is 3. The number of carbonyl (C=O) groups excluding carboxylic acids is 1. The molecule has 138 valence electrons. The minimum absolute atomic E-state index is 0.0155. The van der Waals surface area contributed by atoms with Gasteiger partial charge in [-0.1, -0.05) is 29.4 Å². The molecule has 1 aromatic carbocycles. The number of amides is 1. The summed E-state index contributed by atoms with van der Waals surface area (Å²) < 4.78 is 5.25. The van der Waals surface area contributed by atoms with E-state index < -0.39 is 0 Å². The summed E-state index contributed by atoms with van der Waals surface area (Å²) >= 11 is 0. The summed E-state index contributed by atoms with van der Waals surface area (Å²) in [4.78, 5) is 20.6. The summed E-state index contributed by atoms with van der Waals surface area (Å²) in [6.45, 7) is 0.682. The van der Waals surface area contributed by atoms with Gasteiger partial charge >= 0.3 is 0 Å². The summed E-state index contributed by atoms with van der Waals surface area (Å²) in [5, 5.41) is 7.03. The van der Waals surface area contributed by atoms with Crippen LogP contribution in [0.3, 0.4) is 0 Å². The zero-order valence-electron chi connectivity index (χ0n) is 15.1. The van der Waals surface area contributed by atoms with Crippen LogP contribution in [0.4, 0.5) is 0 Å². The van der Waals surface area contributed by atoms with Gasteiger partial charge in [0.05, 0.1) is 0 Å². The van der Waals surface area contributed by atoms with Crippen LogP contribution in [0, 0.1) is 0 Å². The van der Waals surface area contributed by atoms with E-state index in [4.69, 9.17) is 4.52 Å². The summed E-state index contributed by atoms with van der Waals surface area (Å²) in [6.07, 6.45) is 7.58. The lowest BCUT2D eigenvalue weighted by atomic mass is 9.83. The molecule has 1 amide bonds. The van der Waals surface area contributed by atoms with Gasteiger partial charge in [-0.3, -0.25) is 9.78 Å². The van der Waals surface area contributed by atoms with Crippen LogP contribution in [0.15, 0.2) is 53.3 Å². The molecule has 6 heteroatoms. The molecule has 1 unspecified atom stereocenters. The lowest BCUT2D eigenvalue weighted by Gasteiger charge is -2.25. The molecule has 0 saturated heterocycles. The van der Waals surface area contributed by atoms with Gasteiger partial charge in [0.1, 0.15) is 0 Å². The van der Waals surface area contributed by atoms with Gasteiger partial charge in [-0.25, -0.2) is 0 Å². The highest BCUT2D eigenvalue weighted by Gasteiger charge is 2.20. The predicted octanol–water partition coefficient (Wildman–Crippen LogP) is 3.30. The second-order valence-corrected chi connectivity index (χ2v) is 6.84. The number of nitrogens with one attached hydrogen (secondary N) is 1. The molecule has 2 aromatic heterocycles. The summed E-state index contributed by atoms with van der Waals surface area (Å²) in [5.74, 6) is 1.41. The molecular weight excluding hydrogens is 340 g/mol. The Bertz CT molecular complexity index is 907. The number of rotatable bonds is 6. The van der Waals surface area contributed by atoms with Gasteiger partial charge in [0.25, 0.3) is 0 Å². The summed E-state index contributed by atoms with van der Waals surface area (Å²) in [7, 11) is 0. The molecular formula is C21H22N4O2. The van der Waals surface area contributed by atoms with Gasteiger partial charge in [0.15, 0.2) is 0 Å². The van der Waals surface area contributed by atoms with Crippen LogP contribution in [-0.4, -0.2) is 27.6 Å². The van der Waals surface area contributed by atoms with E-state index >= 15 is 0 Å². The van der Waals surface area contributed by atoms with Crippen molar-refractivity contribution in [3.05, 3.63) is 65.8 Å². The maximum atomic E-state index is 12.2. The van der Waals surface area contributed by atoms with Crippen molar-refractivity contribution >= 4 is 5.91 Å². The van der Waals surface area contributed by atoms with Gasteiger partial charge in [-0.15, -0.1) is 0 Å². The smallest absolute Gasteiger partial charge is 0.227 e. The number of pyridine rings is 1. The lowest BCUT2D eigenvalue weighted by Crippen LogP contribution is -2.30. The number of nitrogens with zero attached hydrogens (tertiary/aromatic N) is 3. The SMILES string of the molecule is O=C(CCc1nc(-c2ccncc2)no1)NCC1CCCc2ccccc21. The molecule has 6 nitrogen and oxygen atoms in total. The predicted molar refractivity (Wildman–Crippen MR) is 101 cm³/mol. The van der Waals surface area contributed by atoms with E-state index in [0.29, 0.717) is 37.0 Å². The molecule has 1 atom stereocenters. The minimum Gasteiger partial charge on any atom is -0.355 e. The van der Waals surface area contributed by atoms with Crippen LogP contribution < -0.4 is 5.32 Å². The van der Waals surface area contributed by atoms with Crippen LogP contribution in [0.25, 0.3) is 11.4 Å². The first-order valence-electron chi connectivity index (χ1n) is 9.37. The van der Waals surface area contributed by atoms with Crippen LogP contribution in [0.2, 0.25) is 0 Å². The molecule has 3 aromatic rings. The average molecular weight is 362 g/mol. The van der Waals surface area contributed by atoms with E-state index in [-0.39, 0.29) is 5.91 Å². The highest BCUT2D eigenvalue weighted by Crippen LogP contribution is 2.30. The van der Waals surface area contributed by atoms with Gasteiger partial charge in [-0.05, 0) is 42.5 Å². The quantitative estimate of drug-likeness (QED) is 0.728. The van der Waals surface area contributed by atoms with Crippen LogP contribution in [-0.2, 0) is 17.6 Å². The largest absolute Gasteiger partial charge is 0.355 e. The molecule has 0 bridgehead atoms. The van der Waals surface area contributed by atoms with Crippen molar-refractivity contribution in [2.45, 2.75) is 38.0 Å². The van der Waals surface area contributed by atoms with E-state index in [9.17, 15) is 4.79 Å². The third-order valence-corrected chi connectivity index (χ3v) is 5.01. The normalized spacial score (nSPS) is 15.9. The van der Waals surface area contributed by atoms with Crippen molar-refractivity contribution < 1.29 is 9.32 Å². The maximum absolute atomic E-state index is 12.2. The molecule has 27 heavy (non-hydrogen) atoms. The van der Waals surface area contributed by atoms with Crippen molar-refractivity contribution in [3.63, 3.8) is 0 Å². The Kier molecular flexibility index (Phi) is 5.23.